The molecule has 2 aromatic heterocycles. The van der Waals surface area contributed by atoms with E-state index in [4.69, 9.17) is 15.7 Å². The largest absolute Gasteiger partial charge is 0.453 e. The third kappa shape index (κ3) is 2.37. The molecule has 2 rings (SSSR count). The Morgan fingerprint density at radius 3 is 2.56 bits per heavy atom. The number of nitrogens with two attached hydrogens (primary N) is 1. The molecule has 0 amide bonds. The van der Waals surface area contributed by atoms with Crippen LogP contribution >= 0.6 is 0 Å². The number of aryl methyl sites for hydroxylation is 1. The monoisotopic (exact) mass is 244 g/mol. The van der Waals surface area contributed by atoms with E-state index in [1.54, 1.807) is 30.5 Å². The number of rotatable bonds is 3. The van der Waals surface area contributed by atoms with E-state index >= 15 is 0 Å². The fourth-order valence-corrected chi connectivity index (χ4v) is 1.41. The third-order valence-electron chi connectivity index (χ3n) is 2.30. The van der Waals surface area contributed by atoms with Gasteiger partial charge in [0, 0.05) is 12.4 Å². The highest BCUT2D eigenvalue weighted by molar-refractivity contribution is 5.97. The highest BCUT2D eigenvalue weighted by Gasteiger charge is 2.11. The lowest BCUT2D eigenvalue weighted by molar-refractivity contribution is 0.318. The van der Waals surface area contributed by atoms with Gasteiger partial charge in [-0.2, -0.15) is 0 Å². The zero-order chi connectivity index (χ0) is 13.0. The molecule has 92 valence electrons. The summed E-state index contributed by atoms with van der Waals surface area (Å²) in [5, 5.41) is 11.6. The van der Waals surface area contributed by atoms with Crippen molar-refractivity contribution in [1.29, 1.82) is 0 Å². The van der Waals surface area contributed by atoms with Crippen molar-refractivity contribution in [2.45, 2.75) is 6.92 Å². The summed E-state index contributed by atoms with van der Waals surface area (Å²) in [6, 6.07) is 6.94. The van der Waals surface area contributed by atoms with Crippen molar-refractivity contribution >= 4 is 5.84 Å². The van der Waals surface area contributed by atoms with Gasteiger partial charge in [0.25, 0.3) is 0 Å². The van der Waals surface area contributed by atoms with Gasteiger partial charge in [-0.25, -0.2) is 4.98 Å². The molecule has 6 nitrogen and oxygen atoms in total. The molecule has 0 atom stereocenters. The van der Waals surface area contributed by atoms with Crippen LogP contribution in [0.2, 0.25) is 0 Å². The van der Waals surface area contributed by atoms with Gasteiger partial charge in [-0.05, 0) is 31.2 Å². The molecule has 2 heterocycles. The van der Waals surface area contributed by atoms with Gasteiger partial charge in [0.1, 0.15) is 5.75 Å². The summed E-state index contributed by atoms with van der Waals surface area (Å²) in [6.07, 6.45) is 3.21. The van der Waals surface area contributed by atoms with Gasteiger partial charge in [-0.1, -0.05) is 5.16 Å². The Balaban J connectivity index is 2.38. The number of aromatic nitrogens is 2. The van der Waals surface area contributed by atoms with E-state index in [1.807, 2.05) is 6.92 Å². The van der Waals surface area contributed by atoms with E-state index in [0.717, 1.165) is 5.69 Å². The van der Waals surface area contributed by atoms with Crippen LogP contribution in [-0.4, -0.2) is 21.0 Å². The Morgan fingerprint density at radius 2 is 1.89 bits per heavy atom. The highest BCUT2D eigenvalue weighted by Crippen LogP contribution is 2.25. The molecule has 18 heavy (non-hydrogen) atoms. The number of amidine groups is 1. The Hall–Kier alpha value is -2.63. The van der Waals surface area contributed by atoms with Crippen LogP contribution in [0.5, 0.6) is 11.5 Å². The summed E-state index contributed by atoms with van der Waals surface area (Å²) in [5.41, 5.74) is 6.55. The van der Waals surface area contributed by atoms with Crippen molar-refractivity contribution in [3.63, 3.8) is 0 Å². The lowest BCUT2D eigenvalue weighted by Crippen LogP contribution is -2.16. The van der Waals surface area contributed by atoms with E-state index in [-0.39, 0.29) is 11.5 Å². The zero-order valence-electron chi connectivity index (χ0n) is 9.74. The van der Waals surface area contributed by atoms with Gasteiger partial charge in [0.15, 0.2) is 17.3 Å². The SMILES string of the molecule is Cc1ncccc1Oc1cccnc1/C(N)=N/O. The maximum absolute atomic E-state index is 8.69. The van der Waals surface area contributed by atoms with Gasteiger partial charge < -0.3 is 15.7 Å². The lowest BCUT2D eigenvalue weighted by atomic mass is 10.3. The number of ether oxygens (including phenoxy) is 1. The summed E-state index contributed by atoms with van der Waals surface area (Å²) in [4.78, 5) is 8.13. The van der Waals surface area contributed by atoms with Crippen molar-refractivity contribution < 1.29 is 9.94 Å². The second kappa shape index (κ2) is 5.13. The van der Waals surface area contributed by atoms with Crippen LogP contribution in [-0.2, 0) is 0 Å². The van der Waals surface area contributed by atoms with Crippen LogP contribution in [0.25, 0.3) is 0 Å². The number of nitrogens with zero attached hydrogens (tertiary/aromatic N) is 3. The molecule has 2 aromatic rings. The maximum Gasteiger partial charge on any atom is 0.192 e. The predicted octanol–water partition coefficient (Wildman–Crippen LogP) is 1.67. The minimum Gasteiger partial charge on any atom is -0.453 e. The number of hydrogen-bond acceptors (Lipinski definition) is 5. The zero-order valence-corrected chi connectivity index (χ0v) is 9.74. The first-order chi connectivity index (χ1) is 8.72. The van der Waals surface area contributed by atoms with Crippen LogP contribution in [0.1, 0.15) is 11.4 Å². The Labute approximate surface area is 104 Å². The minimum atomic E-state index is -0.104. The van der Waals surface area contributed by atoms with E-state index in [2.05, 4.69) is 15.1 Å². The second-order valence-electron chi connectivity index (χ2n) is 3.52. The summed E-state index contributed by atoms with van der Waals surface area (Å²) in [6.45, 7) is 1.83. The molecule has 0 radical (unpaired) electrons. The molecule has 0 saturated carbocycles. The second-order valence-corrected chi connectivity index (χ2v) is 3.52. The van der Waals surface area contributed by atoms with Gasteiger partial charge in [0.05, 0.1) is 5.69 Å². The smallest absolute Gasteiger partial charge is 0.192 e. The topological polar surface area (TPSA) is 93.6 Å². The third-order valence-corrected chi connectivity index (χ3v) is 2.30. The van der Waals surface area contributed by atoms with E-state index in [0.29, 0.717) is 11.5 Å². The lowest BCUT2D eigenvalue weighted by Gasteiger charge is -2.10. The first kappa shape index (κ1) is 11.8. The van der Waals surface area contributed by atoms with E-state index in [1.165, 1.54) is 6.20 Å². The van der Waals surface area contributed by atoms with Crippen molar-refractivity contribution in [3.05, 3.63) is 48.0 Å². The van der Waals surface area contributed by atoms with E-state index < -0.39 is 0 Å². The first-order valence-corrected chi connectivity index (χ1v) is 5.24. The number of hydrogen-bond donors (Lipinski definition) is 2. The summed E-state index contributed by atoms with van der Waals surface area (Å²) >= 11 is 0. The molecular formula is C12H12N4O2. The molecule has 0 aliphatic heterocycles. The summed E-state index contributed by atoms with van der Waals surface area (Å²) in [7, 11) is 0. The average Bonchev–Trinajstić information content (AvgIpc) is 2.41. The first-order valence-electron chi connectivity index (χ1n) is 5.24. The highest BCUT2D eigenvalue weighted by atomic mass is 16.5. The van der Waals surface area contributed by atoms with E-state index in [9.17, 15) is 0 Å². The fourth-order valence-electron chi connectivity index (χ4n) is 1.41. The Morgan fingerprint density at radius 1 is 1.22 bits per heavy atom. The van der Waals surface area contributed by atoms with Gasteiger partial charge in [0.2, 0.25) is 0 Å². The summed E-state index contributed by atoms with van der Waals surface area (Å²) < 4.78 is 5.67. The molecule has 0 fully saturated rings. The Bertz CT molecular complexity index is 584. The molecule has 6 heteroatoms. The molecular weight excluding hydrogens is 232 g/mol. The van der Waals surface area contributed by atoms with Crippen molar-refractivity contribution in [2.24, 2.45) is 10.9 Å². The van der Waals surface area contributed by atoms with Crippen molar-refractivity contribution in [2.75, 3.05) is 0 Å². The average molecular weight is 244 g/mol. The van der Waals surface area contributed by atoms with Crippen molar-refractivity contribution in [3.8, 4) is 11.5 Å². The number of pyridine rings is 2. The number of oxime groups is 1. The van der Waals surface area contributed by atoms with Crippen LogP contribution in [0.15, 0.2) is 41.8 Å². The molecule has 0 unspecified atom stereocenters. The molecule has 0 bridgehead atoms. The Kier molecular flexibility index (Phi) is 3.38. The molecule has 0 aliphatic carbocycles. The fraction of sp³-hybridized carbons (Fsp3) is 0.0833. The molecule has 0 saturated heterocycles. The van der Waals surface area contributed by atoms with Crippen LogP contribution < -0.4 is 10.5 Å². The molecule has 0 aliphatic rings. The normalized spacial score (nSPS) is 11.3. The van der Waals surface area contributed by atoms with Crippen LogP contribution in [0, 0.1) is 6.92 Å². The molecule has 0 spiro atoms. The quantitative estimate of drug-likeness (QED) is 0.371. The minimum absolute atomic E-state index is 0.104. The molecule has 3 N–H and O–H groups in total. The van der Waals surface area contributed by atoms with Crippen molar-refractivity contribution in [1.82, 2.24) is 9.97 Å². The molecule has 0 aromatic carbocycles. The predicted molar refractivity (Wildman–Crippen MR) is 65.8 cm³/mol. The van der Waals surface area contributed by atoms with Crippen LogP contribution in [0.3, 0.4) is 0 Å². The summed E-state index contributed by atoms with van der Waals surface area (Å²) in [5.74, 6) is 0.897. The maximum atomic E-state index is 8.69. The van der Waals surface area contributed by atoms with Crippen LogP contribution in [0.4, 0.5) is 0 Å². The standard InChI is InChI=1S/C12H12N4O2/c1-8-9(4-2-6-14-8)18-10-5-3-7-15-11(10)12(13)16-17/h2-7,17H,1H3,(H2,13,16). The van der Waals surface area contributed by atoms with Gasteiger partial charge in [-0.3, -0.25) is 4.98 Å². The van der Waals surface area contributed by atoms with Gasteiger partial charge >= 0.3 is 0 Å². The van der Waals surface area contributed by atoms with Gasteiger partial charge in [-0.15, -0.1) is 0 Å².